The van der Waals surface area contributed by atoms with Gasteiger partial charge in [0.25, 0.3) is 17.4 Å². The summed E-state index contributed by atoms with van der Waals surface area (Å²) in [5.41, 5.74) is 12.0. The molecular weight excluding hydrogens is 304 g/mol. The minimum atomic E-state index is -0.625. The number of carbonyl (C=O) groups excluding carboxylic acids is 2. The minimum Gasteiger partial charge on any atom is -0.389 e. The summed E-state index contributed by atoms with van der Waals surface area (Å²) in [6, 6.07) is 7.58. The van der Waals surface area contributed by atoms with Gasteiger partial charge in [-0.3, -0.25) is 24.3 Å². The van der Waals surface area contributed by atoms with Crippen molar-refractivity contribution >= 4 is 34.8 Å². The van der Waals surface area contributed by atoms with Gasteiger partial charge in [-0.15, -0.1) is 0 Å². The first-order valence-electron chi connectivity index (χ1n) is 6.21. The molecule has 5 N–H and O–H groups in total. The van der Waals surface area contributed by atoms with Crippen LogP contribution in [0.2, 0.25) is 0 Å². The summed E-state index contributed by atoms with van der Waals surface area (Å²) in [5.74, 6) is -1.33. The molecule has 1 aliphatic rings. The Labute approximate surface area is 129 Å². The third-order valence-electron chi connectivity index (χ3n) is 3.36. The van der Waals surface area contributed by atoms with Crippen LogP contribution in [0.3, 0.4) is 0 Å². The largest absolute Gasteiger partial charge is 0.389 e. The number of benzene rings is 1. The van der Waals surface area contributed by atoms with Gasteiger partial charge in [0.05, 0.1) is 16.8 Å². The molecule has 2 aromatic rings. The molecule has 0 saturated heterocycles. The molecule has 22 heavy (non-hydrogen) atoms. The smallest absolute Gasteiger partial charge is 0.262 e. The quantitative estimate of drug-likeness (QED) is 0.527. The van der Waals surface area contributed by atoms with Crippen LogP contribution in [0.5, 0.6) is 0 Å². The minimum absolute atomic E-state index is 0.00280. The molecule has 1 aromatic heterocycles. The number of nitrogens with zero attached hydrogens (tertiary/aromatic N) is 1. The van der Waals surface area contributed by atoms with Gasteiger partial charge in [-0.25, -0.2) is 0 Å². The molecule has 1 aromatic carbocycles. The lowest BCUT2D eigenvalue weighted by molar-refractivity contribution is 0.0880. The van der Waals surface area contributed by atoms with E-state index in [1.807, 2.05) is 0 Å². The van der Waals surface area contributed by atoms with Gasteiger partial charge in [-0.1, -0.05) is 12.2 Å². The van der Waals surface area contributed by atoms with Crippen molar-refractivity contribution in [3.05, 3.63) is 57.4 Å². The second-order valence-corrected chi connectivity index (χ2v) is 5.13. The first-order chi connectivity index (χ1) is 10.4. The Balaban J connectivity index is 2.22. The van der Waals surface area contributed by atoms with Crippen LogP contribution in [0.4, 0.5) is 5.82 Å². The molecule has 0 atom stereocenters. The second kappa shape index (κ2) is 4.78. The summed E-state index contributed by atoms with van der Waals surface area (Å²) < 4.78 is 1.15. The van der Waals surface area contributed by atoms with Crippen LogP contribution in [0.1, 0.15) is 26.3 Å². The molecule has 8 heteroatoms. The molecule has 0 radical (unpaired) electrons. The van der Waals surface area contributed by atoms with E-state index in [2.05, 4.69) is 5.32 Å². The van der Waals surface area contributed by atoms with Gasteiger partial charge in [0.1, 0.15) is 10.8 Å². The molecule has 0 bridgehead atoms. The van der Waals surface area contributed by atoms with E-state index >= 15 is 0 Å². The number of anilines is 1. The monoisotopic (exact) mass is 314 g/mol. The summed E-state index contributed by atoms with van der Waals surface area (Å²) >= 11 is 4.86. The van der Waals surface area contributed by atoms with Gasteiger partial charge in [-0.05, 0) is 24.3 Å². The number of nitrogen functional groups attached to an aromatic ring is 1. The molecule has 0 unspecified atom stereocenters. The molecule has 2 amide bonds. The van der Waals surface area contributed by atoms with Gasteiger partial charge < -0.3 is 11.5 Å². The average molecular weight is 314 g/mol. The molecule has 0 aliphatic carbocycles. The van der Waals surface area contributed by atoms with Crippen LogP contribution in [0, 0.1) is 0 Å². The van der Waals surface area contributed by atoms with Crippen molar-refractivity contribution in [3.8, 4) is 5.69 Å². The topological polar surface area (TPSA) is 120 Å². The number of hydrogen-bond acceptors (Lipinski definition) is 5. The lowest BCUT2D eigenvalue weighted by Crippen LogP contribution is -2.24. The van der Waals surface area contributed by atoms with Crippen molar-refractivity contribution < 1.29 is 9.59 Å². The fraction of sp³-hybridized carbons (Fsp3) is 0. The van der Waals surface area contributed by atoms with Crippen molar-refractivity contribution in [3.63, 3.8) is 0 Å². The zero-order chi connectivity index (χ0) is 16.0. The summed E-state index contributed by atoms with van der Waals surface area (Å²) in [5, 5.41) is 2.11. The highest BCUT2D eigenvalue weighted by atomic mass is 32.1. The maximum absolute atomic E-state index is 12.2. The van der Waals surface area contributed by atoms with Gasteiger partial charge in [-0.2, -0.15) is 0 Å². The van der Waals surface area contributed by atoms with E-state index in [9.17, 15) is 14.4 Å². The molecule has 7 nitrogen and oxygen atoms in total. The first-order valence-corrected chi connectivity index (χ1v) is 6.62. The lowest BCUT2D eigenvalue weighted by Gasteiger charge is -2.12. The molecule has 0 saturated carbocycles. The van der Waals surface area contributed by atoms with Crippen molar-refractivity contribution in [1.29, 1.82) is 0 Å². The van der Waals surface area contributed by atoms with E-state index in [4.69, 9.17) is 23.7 Å². The van der Waals surface area contributed by atoms with E-state index in [0.29, 0.717) is 11.3 Å². The molecular formula is C14H10N4O3S. The Morgan fingerprint density at radius 3 is 2.32 bits per heavy atom. The highest BCUT2D eigenvalue weighted by Gasteiger charge is 2.31. The number of carbonyl (C=O) groups is 2. The summed E-state index contributed by atoms with van der Waals surface area (Å²) in [7, 11) is 0. The van der Waals surface area contributed by atoms with Crippen LogP contribution in [0.25, 0.3) is 5.69 Å². The Kier molecular flexibility index (Phi) is 3.03. The standard InChI is InChI=1S/C14H10N4O3S/c15-11-10-8(13(20)17-14(10)21)5-9(19)18(11)7-3-1-6(2-4-7)12(16)22/h1-5H,15H2,(H2,16,22)(H,17,20,21). The summed E-state index contributed by atoms with van der Waals surface area (Å²) in [4.78, 5) is 35.8. The number of imide groups is 1. The number of nitrogens with one attached hydrogen (secondary N) is 1. The first kappa shape index (κ1) is 14.0. The zero-order valence-electron chi connectivity index (χ0n) is 11.1. The predicted octanol–water partition coefficient (Wildman–Crippen LogP) is -0.0625. The van der Waals surface area contributed by atoms with E-state index in [-0.39, 0.29) is 21.9 Å². The average Bonchev–Trinajstić information content (AvgIpc) is 2.74. The van der Waals surface area contributed by atoms with Crippen molar-refractivity contribution in [2.24, 2.45) is 5.73 Å². The number of amides is 2. The molecule has 3 rings (SSSR count). The SMILES string of the molecule is NC(=S)c1ccc(-n2c(N)c3c(cc2=O)C(=O)NC3=O)cc1. The number of pyridine rings is 1. The van der Waals surface area contributed by atoms with Crippen LogP contribution < -0.4 is 22.3 Å². The summed E-state index contributed by atoms with van der Waals surface area (Å²) in [6.45, 7) is 0. The number of thiocarbonyl (C=S) groups is 1. The Hall–Kier alpha value is -3.00. The van der Waals surface area contributed by atoms with Crippen molar-refractivity contribution in [2.45, 2.75) is 0 Å². The van der Waals surface area contributed by atoms with E-state index in [1.54, 1.807) is 24.3 Å². The van der Waals surface area contributed by atoms with Gasteiger partial charge >= 0.3 is 0 Å². The second-order valence-electron chi connectivity index (χ2n) is 4.69. The summed E-state index contributed by atoms with van der Waals surface area (Å²) in [6.07, 6.45) is 0. The third-order valence-corrected chi connectivity index (χ3v) is 3.60. The van der Waals surface area contributed by atoms with Crippen LogP contribution >= 0.6 is 12.2 Å². The van der Waals surface area contributed by atoms with Crippen molar-refractivity contribution in [2.75, 3.05) is 5.73 Å². The van der Waals surface area contributed by atoms with E-state index < -0.39 is 17.4 Å². The molecule has 0 fully saturated rings. The molecule has 0 spiro atoms. The van der Waals surface area contributed by atoms with Gasteiger partial charge in [0.2, 0.25) is 0 Å². The lowest BCUT2D eigenvalue weighted by atomic mass is 10.1. The number of hydrogen-bond donors (Lipinski definition) is 3. The Morgan fingerprint density at radius 1 is 1.09 bits per heavy atom. The highest BCUT2D eigenvalue weighted by molar-refractivity contribution is 7.80. The Bertz CT molecular complexity index is 900. The Morgan fingerprint density at radius 2 is 1.73 bits per heavy atom. The fourth-order valence-electron chi connectivity index (χ4n) is 2.32. The van der Waals surface area contributed by atoms with E-state index in [1.165, 1.54) is 0 Å². The van der Waals surface area contributed by atoms with Gasteiger partial charge in [0, 0.05) is 11.6 Å². The normalized spacial score (nSPS) is 12.9. The van der Waals surface area contributed by atoms with E-state index in [0.717, 1.165) is 10.6 Å². The maximum Gasteiger partial charge on any atom is 0.262 e. The highest BCUT2D eigenvalue weighted by Crippen LogP contribution is 2.22. The van der Waals surface area contributed by atoms with Gasteiger partial charge in [0.15, 0.2) is 0 Å². The number of fused-ring (bicyclic) bond motifs is 1. The zero-order valence-corrected chi connectivity index (χ0v) is 11.9. The predicted molar refractivity (Wildman–Crippen MR) is 84.1 cm³/mol. The number of nitrogens with two attached hydrogens (primary N) is 2. The van der Waals surface area contributed by atoms with Crippen LogP contribution in [-0.2, 0) is 0 Å². The molecule has 1 aliphatic heterocycles. The van der Waals surface area contributed by atoms with Crippen LogP contribution in [-0.4, -0.2) is 21.4 Å². The number of aromatic nitrogens is 1. The number of rotatable bonds is 2. The van der Waals surface area contributed by atoms with Crippen LogP contribution in [0.15, 0.2) is 35.1 Å². The maximum atomic E-state index is 12.2. The third kappa shape index (κ3) is 1.97. The molecule has 2 heterocycles. The molecule has 110 valence electrons. The fourth-order valence-corrected chi connectivity index (χ4v) is 2.46. The van der Waals surface area contributed by atoms with Crippen molar-refractivity contribution in [1.82, 2.24) is 9.88 Å².